The van der Waals surface area contributed by atoms with Gasteiger partial charge in [-0.2, -0.15) is 5.10 Å². The number of benzene rings is 1. The van der Waals surface area contributed by atoms with E-state index < -0.39 is 6.04 Å². The Balaban J connectivity index is 2.10. The van der Waals surface area contributed by atoms with E-state index in [1.165, 1.54) is 6.08 Å². The summed E-state index contributed by atoms with van der Waals surface area (Å²) in [7, 11) is 0. The molecule has 2 amide bonds. The predicted octanol–water partition coefficient (Wildman–Crippen LogP) is 3.90. The zero-order chi connectivity index (χ0) is 21.6. The van der Waals surface area contributed by atoms with Gasteiger partial charge in [0.25, 0.3) is 0 Å². The second kappa shape index (κ2) is 10.5. The average molecular weight is 437 g/mol. The third kappa shape index (κ3) is 6.08. The molecule has 0 fully saturated rings. The van der Waals surface area contributed by atoms with Crippen LogP contribution in [0, 0.1) is 13.8 Å². The number of amides is 2. The summed E-state index contributed by atoms with van der Waals surface area (Å²) < 4.78 is 1.81. The molecule has 156 valence electrons. The van der Waals surface area contributed by atoms with E-state index in [0.29, 0.717) is 23.1 Å². The quantitative estimate of drug-likeness (QED) is 0.615. The fraction of sp³-hybridized carbons (Fsp3) is 0.381. The van der Waals surface area contributed by atoms with Crippen molar-refractivity contribution < 1.29 is 9.59 Å². The third-order valence-corrected chi connectivity index (χ3v) is 5.22. The Bertz CT molecular complexity index is 901. The number of aromatic nitrogens is 2. The molecule has 1 atom stereocenters. The maximum Gasteiger partial charge on any atom is 0.244 e. The Kier molecular flexibility index (Phi) is 8.29. The molecule has 2 aromatic rings. The van der Waals surface area contributed by atoms with Crippen LogP contribution >= 0.6 is 23.2 Å². The van der Waals surface area contributed by atoms with Crippen molar-refractivity contribution in [3.63, 3.8) is 0 Å². The lowest BCUT2D eigenvalue weighted by molar-refractivity contribution is -0.126. The molecule has 0 aliphatic carbocycles. The molecule has 1 aromatic heterocycles. The highest BCUT2D eigenvalue weighted by Gasteiger charge is 2.15. The first-order chi connectivity index (χ1) is 13.7. The highest BCUT2D eigenvalue weighted by molar-refractivity contribution is 6.35. The lowest BCUT2D eigenvalue weighted by atomic mass is 10.1. The molecule has 2 rings (SSSR count). The van der Waals surface area contributed by atoms with Crippen LogP contribution in [-0.2, 0) is 16.1 Å². The summed E-state index contributed by atoms with van der Waals surface area (Å²) >= 11 is 12.5. The van der Waals surface area contributed by atoms with E-state index >= 15 is 0 Å². The molecule has 0 spiro atoms. The number of hydrogen-bond acceptors (Lipinski definition) is 3. The van der Waals surface area contributed by atoms with Crippen LogP contribution in [0.15, 0.2) is 24.3 Å². The topological polar surface area (TPSA) is 76.0 Å². The van der Waals surface area contributed by atoms with Crippen LogP contribution in [0.4, 0.5) is 0 Å². The number of aryl methyl sites for hydroxylation is 1. The van der Waals surface area contributed by atoms with Gasteiger partial charge in [-0.15, -0.1) is 0 Å². The maximum absolute atomic E-state index is 12.2. The summed E-state index contributed by atoms with van der Waals surface area (Å²) in [6.45, 7) is 8.43. The van der Waals surface area contributed by atoms with Crippen molar-refractivity contribution in [1.29, 1.82) is 0 Å². The van der Waals surface area contributed by atoms with Gasteiger partial charge in [0.1, 0.15) is 6.04 Å². The largest absolute Gasteiger partial charge is 0.354 e. The lowest BCUT2D eigenvalue weighted by Crippen LogP contribution is -2.44. The molecule has 0 saturated carbocycles. The van der Waals surface area contributed by atoms with Crippen molar-refractivity contribution in [2.75, 3.05) is 6.54 Å². The summed E-state index contributed by atoms with van der Waals surface area (Å²) in [5, 5.41) is 11.1. The first-order valence-electron chi connectivity index (χ1n) is 9.47. The summed E-state index contributed by atoms with van der Waals surface area (Å²) in [5.74, 6) is -0.546. The highest BCUT2D eigenvalue weighted by atomic mass is 35.5. The van der Waals surface area contributed by atoms with Gasteiger partial charge in [-0.3, -0.25) is 14.3 Å². The van der Waals surface area contributed by atoms with E-state index in [4.69, 9.17) is 23.2 Å². The Hall–Kier alpha value is -2.31. The van der Waals surface area contributed by atoms with Crippen molar-refractivity contribution in [2.45, 2.75) is 46.7 Å². The van der Waals surface area contributed by atoms with E-state index in [0.717, 1.165) is 28.9 Å². The normalized spacial score (nSPS) is 12.2. The van der Waals surface area contributed by atoms with E-state index in [9.17, 15) is 9.59 Å². The second-order valence-electron chi connectivity index (χ2n) is 6.80. The standard InChI is InChI=1S/C21H26Cl2N4O2/c1-5-11-24-21(29)14(3)25-20(28)10-9-16-13(2)26-27(15(16)4)12-17-18(22)7-6-8-19(17)23/h6-10,14H,5,11-12H2,1-4H3,(H,24,29)(H,25,28)/b10-9+/t14-/m1/s1. The number of hydrogen-bond donors (Lipinski definition) is 2. The van der Waals surface area contributed by atoms with Gasteiger partial charge in [-0.25, -0.2) is 0 Å². The van der Waals surface area contributed by atoms with E-state index in [2.05, 4.69) is 15.7 Å². The number of carbonyl (C=O) groups is 2. The molecule has 0 radical (unpaired) electrons. The summed E-state index contributed by atoms with van der Waals surface area (Å²) in [6, 6.07) is 4.77. The second-order valence-corrected chi connectivity index (χ2v) is 7.61. The van der Waals surface area contributed by atoms with E-state index in [-0.39, 0.29) is 11.8 Å². The maximum atomic E-state index is 12.2. The highest BCUT2D eigenvalue weighted by Crippen LogP contribution is 2.26. The Morgan fingerprint density at radius 3 is 2.52 bits per heavy atom. The van der Waals surface area contributed by atoms with Crippen LogP contribution in [0.25, 0.3) is 6.08 Å². The Labute approximate surface area is 181 Å². The fourth-order valence-electron chi connectivity index (χ4n) is 2.83. The van der Waals surface area contributed by atoms with Gasteiger partial charge in [0.05, 0.1) is 12.2 Å². The molecular formula is C21H26Cl2N4O2. The molecule has 1 aromatic carbocycles. The molecule has 0 bridgehead atoms. The van der Waals surface area contributed by atoms with Crippen LogP contribution in [0.2, 0.25) is 10.0 Å². The molecule has 1 heterocycles. The minimum atomic E-state index is -0.606. The lowest BCUT2D eigenvalue weighted by Gasteiger charge is -2.12. The van der Waals surface area contributed by atoms with E-state index in [1.54, 1.807) is 35.9 Å². The minimum Gasteiger partial charge on any atom is -0.354 e. The smallest absolute Gasteiger partial charge is 0.244 e. The predicted molar refractivity (Wildman–Crippen MR) is 117 cm³/mol. The molecule has 6 nitrogen and oxygen atoms in total. The molecule has 0 unspecified atom stereocenters. The van der Waals surface area contributed by atoms with Crippen molar-refractivity contribution in [3.05, 3.63) is 56.8 Å². The average Bonchev–Trinajstić information content (AvgIpc) is 2.94. The van der Waals surface area contributed by atoms with Gasteiger partial charge in [0.2, 0.25) is 11.8 Å². The van der Waals surface area contributed by atoms with E-state index in [1.807, 2.05) is 20.8 Å². The van der Waals surface area contributed by atoms with Crippen LogP contribution in [0.1, 0.15) is 42.8 Å². The number of nitrogens with zero attached hydrogens (tertiary/aromatic N) is 2. The van der Waals surface area contributed by atoms with Gasteiger partial charge in [-0.05, 0) is 45.4 Å². The first kappa shape index (κ1) is 23.0. The van der Waals surface area contributed by atoms with Gasteiger partial charge < -0.3 is 10.6 Å². The summed E-state index contributed by atoms with van der Waals surface area (Å²) in [6.07, 6.45) is 3.95. The van der Waals surface area contributed by atoms with Gasteiger partial charge >= 0.3 is 0 Å². The summed E-state index contributed by atoms with van der Waals surface area (Å²) in [4.78, 5) is 24.0. The number of nitrogens with one attached hydrogen (secondary N) is 2. The zero-order valence-corrected chi connectivity index (χ0v) is 18.6. The third-order valence-electron chi connectivity index (χ3n) is 4.51. The first-order valence-corrected chi connectivity index (χ1v) is 10.2. The van der Waals surface area contributed by atoms with Crippen LogP contribution in [-0.4, -0.2) is 34.2 Å². The summed E-state index contributed by atoms with van der Waals surface area (Å²) in [5.41, 5.74) is 3.30. The molecule has 8 heteroatoms. The van der Waals surface area contributed by atoms with Gasteiger partial charge in [-0.1, -0.05) is 36.2 Å². The number of halogens is 2. The monoisotopic (exact) mass is 436 g/mol. The molecule has 0 aliphatic heterocycles. The van der Waals surface area contributed by atoms with Crippen LogP contribution < -0.4 is 10.6 Å². The molecule has 0 aliphatic rings. The van der Waals surface area contributed by atoms with Crippen molar-refractivity contribution in [2.24, 2.45) is 0 Å². The Morgan fingerprint density at radius 1 is 1.24 bits per heavy atom. The molecular weight excluding hydrogens is 411 g/mol. The molecule has 2 N–H and O–H groups in total. The Morgan fingerprint density at radius 2 is 1.90 bits per heavy atom. The SMILES string of the molecule is CCCNC(=O)[C@@H](C)NC(=O)/C=C/c1c(C)nn(Cc2c(Cl)cccc2Cl)c1C. The number of rotatable bonds is 8. The number of carbonyl (C=O) groups excluding carboxylic acids is 2. The van der Waals surface area contributed by atoms with Crippen molar-refractivity contribution in [3.8, 4) is 0 Å². The van der Waals surface area contributed by atoms with Crippen LogP contribution in [0.5, 0.6) is 0 Å². The zero-order valence-electron chi connectivity index (χ0n) is 17.1. The van der Waals surface area contributed by atoms with Gasteiger partial charge in [0.15, 0.2) is 0 Å². The minimum absolute atomic E-state index is 0.203. The molecule has 29 heavy (non-hydrogen) atoms. The fourth-order valence-corrected chi connectivity index (χ4v) is 3.34. The van der Waals surface area contributed by atoms with Crippen molar-refractivity contribution >= 4 is 41.1 Å². The molecule has 0 saturated heterocycles. The van der Waals surface area contributed by atoms with Gasteiger partial charge in [0, 0.05) is 39.5 Å². The van der Waals surface area contributed by atoms with Crippen molar-refractivity contribution in [1.82, 2.24) is 20.4 Å². The van der Waals surface area contributed by atoms with Crippen LogP contribution in [0.3, 0.4) is 0 Å².